The van der Waals surface area contributed by atoms with E-state index < -0.39 is 5.75 Å². The molecule has 1 rings (SSSR count). The third kappa shape index (κ3) is 1.18. The molecule has 54 valence electrons. The Morgan fingerprint density at radius 3 is 2.20 bits per heavy atom. The fourth-order valence-corrected chi connectivity index (χ4v) is 0.622. The number of hydrogen-bond acceptors (Lipinski definition) is 4. The summed E-state index contributed by atoms with van der Waals surface area (Å²) in [6.45, 7) is 0. The van der Waals surface area contributed by atoms with Gasteiger partial charge in [-0.15, -0.1) is 5.23 Å². The maximum absolute atomic E-state index is 10.7. The van der Waals surface area contributed by atoms with Gasteiger partial charge in [0.15, 0.2) is 0 Å². The highest BCUT2D eigenvalue weighted by Crippen LogP contribution is 2.20. The minimum Gasteiger partial charge on any atom is -0.871 e. The molecule has 0 spiro atoms. The van der Waals surface area contributed by atoms with Crippen LogP contribution in [0.2, 0.25) is 0 Å². The molecule has 0 saturated heterocycles. The first-order valence-corrected chi connectivity index (χ1v) is 2.66. The Morgan fingerprint density at radius 2 is 1.80 bits per heavy atom. The Hall–Kier alpha value is -1.26. The van der Waals surface area contributed by atoms with Crippen molar-refractivity contribution in [2.24, 2.45) is 0 Å². The molecule has 4 nitrogen and oxygen atoms in total. The van der Waals surface area contributed by atoms with Crippen molar-refractivity contribution in [3.8, 4) is 5.75 Å². The molecule has 0 atom stereocenters. The van der Waals surface area contributed by atoms with Gasteiger partial charge in [0.25, 0.3) is 0 Å². The van der Waals surface area contributed by atoms with E-state index in [1.165, 1.54) is 24.3 Å². The van der Waals surface area contributed by atoms with Gasteiger partial charge >= 0.3 is 0 Å². The summed E-state index contributed by atoms with van der Waals surface area (Å²) in [4.78, 5) is 0. The van der Waals surface area contributed by atoms with Crippen LogP contribution in [-0.2, 0) is 0 Å². The molecule has 1 aromatic rings. The highest BCUT2D eigenvalue weighted by molar-refractivity contribution is 5.52. The van der Waals surface area contributed by atoms with Crippen molar-refractivity contribution in [1.29, 1.82) is 0 Å². The number of nitrogens with zero attached hydrogens (tertiary/aromatic N) is 1. The van der Waals surface area contributed by atoms with E-state index in [2.05, 4.69) is 0 Å². The van der Waals surface area contributed by atoms with Crippen molar-refractivity contribution in [3.63, 3.8) is 0 Å². The smallest absolute Gasteiger partial charge is 0.0864 e. The summed E-state index contributed by atoms with van der Waals surface area (Å²) in [6, 6.07) is 5.61. The molecule has 4 heteroatoms. The first-order chi connectivity index (χ1) is 4.72. The number of hydrogen-bond donors (Lipinski definition) is 2. The normalized spacial score (nSPS) is 9.40. The summed E-state index contributed by atoms with van der Waals surface area (Å²) in [7, 11) is 0. The lowest BCUT2D eigenvalue weighted by Crippen LogP contribution is -2.13. The molecule has 0 aliphatic rings. The second kappa shape index (κ2) is 2.55. The van der Waals surface area contributed by atoms with E-state index in [4.69, 9.17) is 10.4 Å². The third-order valence-electron chi connectivity index (χ3n) is 1.08. The van der Waals surface area contributed by atoms with Crippen molar-refractivity contribution in [2.75, 3.05) is 5.23 Å². The Labute approximate surface area is 57.5 Å². The first kappa shape index (κ1) is 6.85. The van der Waals surface area contributed by atoms with Gasteiger partial charge in [0.05, 0.1) is 5.69 Å². The first-order valence-electron chi connectivity index (χ1n) is 2.66. The van der Waals surface area contributed by atoms with Crippen LogP contribution in [0.4, 0.5) is 5.69 Å². The topological polar surface area (TPSA) is 66.8 Å². The largest absolute Gasteiger partial charge is 0.871 e. The van der Waals surface area contributed by atoms with E-state index in [0.717, 1.165) is 0 Å². The SMILES string of the molecule is [O-]c1ccccc1N(O)O. The summed E-state index contributed by atoms with van der Waals surface area (Å²) in [5.41, 5.74) is -0.150. The highest BCUT2D eigenvalue weighted by Gasteiger charge is 1.95. The molecule has 0 aliphatic heterocycles. The van der Waals surface area contributed by atoms with Crippen LogP contribution in [0.3, 0.4) is 0 Å². The molecule has 1 aromatic carbocycles. The second-order valence-electron chi connectivity index (χ2n) is 1.76. The van der Waals surface area contributed by atoms with Crippen LogP contribution in [0.15, 0.2) is 24.3 Å². The maximum Gasteiger partial charge on any atom is 0.0864 e. The van der Waals surface area contributed by atoms with Gasteiger partial charge in [-0.25, -0.2) is 0 Å². The zero-order valence-electron chi connectivity index (χ0n) is 5.06. The number of benzene rings is 1. The van der Waals surface area contributed by atoms with Crippen molar-refractivity contribution in [3.05, 3.63) is 24.3 Å². The number of para-hydroxylation sites is 2. The van der Waals surface area contributed by atoms with Crippen molar-refractivity contribution in [2.45, 2.75) is 0 Å². The second-order valence-corrected chi connectivity index (χ2v) is 1.76. The molecule has 10 heavy (non-hydrogen) atoms. The van der Waals surface area contributed by atoms with E-state index in [1.54, 1.807) is 0 Å². The van der Waals surface area contributed by atoms with Gasteiger partial charge in [0.2, 0.25) is 0 Å². The van der Waals surface area contributed by atoms with Gasteiger partial charge in [-0.2, -0.15) is 0 Å². The standard InChI is InChI=1S/C6H7NO3/c8-6-4-2-1-3-5(6)7(9)10/h1-4,8-10H/p-1. The minimum atomic E-state index is -0.424. The Morgan fingerprint density at radius 1 is 1.20 bits per heavy atom. The highest BCUT2D eigenvalue weighted by atomic mass is 16.8. The molecular weight excluding hydrogens is 134 g/mol. The van der Waals surface area contributed by atoms with Crippen LogP contribution in [0.5, 0.6) is 5.75 Å². The van der Waals surface area contributed by atoms with Crippen molar-refractivity contribution in [1.82, 2.24) is 0 Å². The van der Waals surface area contributed by atoms with E-state index in [-0.39, 0.29) is 10.9 Å². The number of rotatable bonds is 1. The van der Waals surface area contributed by atoms with E-state index >= 15 is 0 Å². The van der Waals surface area contributed by atoms with Crippen LogP contribution in [0.1, 0.15) is 0 Å². The summed E-state index contributed by atoms with van der Waals surface area (Å²) in [5, 5.41) is 27.3. The van der Waals surface area contributed by atoms with Crippen LogP contribution in [0, 0.1) is 0 Å². The third-order valence-corrected chi connectivity index (χ3v) is 1.08. The molecule has 0 amide bonds. The Kier molecular flexibility index (Phi) is 1.75. The number of anilines is 1. The van der Waals surface area contributed by atoms with E-state index in [0.29, 0.717) is 0 Å². The molecule has 0 radical (unpaired) electrons. The van der Waals surface area contributed by atoms with Crippen LogP contribution in [-0.4, -0.2) is 10.4 Å². The monoisotopic (exact) mass is 140 g/mol. The summed E-state index contributed by atoms with van der Waals surface area (Å²) in [6.07, 6.45) is 0. The van der Waals surface area contributed by atoms with Gasteiger partial charge in [-0.05, 0) is 6.07 Å². The van der Waals surface area contributed by atoms with Gasteiger partial charge in [-0.3, -0.25) is 10.4 Å². The summed E-state index contributed by atoms with van der Waals surface area (Å²) in [5.74, 6) is -0.424. The maximum atomic E-state index is 10.7. The van der Waals surface area contributed by atoms with Gasteiger partial charge in [0, 0.05) is 0 Å². The summed E-state index contributed by atoms with van der Waals surface area (Å²) >= 11 is 0. The van der Waals surface area contributed by atoms with Crippen LogP contribution in [0.25, 0.3) is 0 Å². The Bertz CT molecular complexity index is 224. The molecule has 0 fully saturated rings. The fraction of sp³-hybridized carbons (Fsp3) is 0. The van der Waals surface area contributed by atoms with E-state index in [1.807, 2.05) is 0 Å². The zero-order valence-corrected chi connectivity index (χ0v) is 5.06. The molecule has 0 heterocycles. The fourth-order valence-electron chi connectivity index (χ4n) is 0.622. The lowest BCUT2D eigenvalue weighted by Gasteiger charge is -2.15. The lowest BCUT2D eigenvalue weighted by molar-refractivity contribution is -0.268. The van der Waals surface area contributed by atoms with E-state index in [9.17, 15) is 5.11 Å². The average Bonchev–Trinajstić information content (AvgIpc) is 1.88. The Balaban J connectivity index is 3.03. The average molecular weight is 140 g/mol. The molecule has 0 aromatic heterocycles. The van der Waals surface area contributed by atoms with Gasteiger partial charge < -0.3 is 5.11 Å². The molecule has 0 unspecified atom stereocenters. The summed E-state index contributed by atoms with van der Waals surface area (Å²) < 4.78 is 0. The molecule has 0 bridgehead atoms. The predicted molar refractivity (Wildman–Crippen MR) is 31.9 cm³/mol. The van der Waals surface area contributed by atoms with Gasteiger partial charge in [-0.1, -0.05) is 23.9 Å². The molecule has 0 aliphatic carbocycles. The quantitative estimate of drug-likeness (QED) is 0.552. The van der Waals surface area contributed by atoms with Crippen LogP contribution >= 0.6 is 0 Å². The van der Waals surface area contributed by atoms with Crippen molar-refractivity contribution >= 4 is 5.69 Å². The van der Waals surface area contributed by atoms with Gasteiger partial charge in [0.1, 0.15) is 0 Å². The zero-order chi connectivity index (χ0) is 7.56. The van der Waals surface area contributed by atoms with Crippen molar-refractivity contribution < 1.29 is 15.5 Å². The van der Waals surface area contributed by atoms with Crippen LogP contribution < -0.4 is 10.3 Å². The molecular formula is C6H6NO3-. The minimum absolute atomic E-state index is 0.150. The molecule has 2 N–H and O–H groups in total. The lowest BCUT2D eigenvalue weighted by atomic mass is 10.3. The predicted octanol–water partition coefficient (Wildman–Crippen LogP) is 0.345. The molecule has 0 saturated carbocycles.